The van der Waals surface area contributed by atoms with E-state index < -0.39 is 0 Å². The molecule has 5 rings (SSSR count). The monoisotopic (exact) mass is 459 g/mol. The van der Waals surface area contributed by atoms with Gasteiger partial charge in [-0.25, -0.2) is 4.39 Å². The fourth-order valence-corrected chi connectivity index (χ4v) is 5.00. The van der Waals surface area contributed by atoms with E-state index in [1.165, 1.54) is 38.1 Å². The van der Waals surface area contributed by atoms with Gasteiger partial charge in [-0.1, -0.05) is 0 Å². The molecule has 5 nitrogen and oxygen atoms in total. The number of hydrogen-bond acceptors (Lipinski definition) is 4. The Labute approximate surface area is 200 Å². The molecule has 1 aromatic heterocycles. The number of aryl methyl sites for hydroxylation is 1. The van der Waals surface area contributed by atoms with Gasteiger partial charge in [-0.3, -0.25) is 9.78 Å². The van der Waals surface area contributed by atoms with Crippen LogP contribution in [-0.2, 0) is 0 Å². The molecule has 0 saturated carbocycles. The maximum atomic E-state index is 13.3. The van der Waals surface area contributed by atoms with Gasteiger partial charge in [0.05, 0.1) is 5.69 Å². The summed E-state index contributed by atoms with van der Waals surface area (Å²) >= 11 is 0. The molecule has 0 unspecified atom stereocenters. The highest BCUT2D eigenvalue weighted by Crippen LogP contribution is 2.27. The van der Waals surface area contributed by atoms with Crippen molar-refractivity contribution < 1.29 is 13.9 Å². The Morgan fingerprint density at radius 2 is 1.53 bits per heavy atom. The third-order valence-electron chi connectivity index (χ3n) is 6.81. The first kappa shape index (κ1) is 22.5. The van der Waals surface area contributed by atoms with Crippen molar-refractivity contribution in [2.45, 2.75) is 38.6 Å². The number of aromatic nitrogens is 1. The summed E-state index contributed by atoms with van der Waals surface area (Å²) in [5.41, 5.74) is 3.19. The summed E-state index contributed by atoms with van der Waals surface area (Å²) in [5.74, 6) is 1.02. The van der Waals surface area contributed by atoms with Crippen molar-refractivity contribution in [2.24, 2.45) is 0 Å². The number of nitrogens with zero attached hydrogens (tertiary/aromatic N) is 3. The van der Waals surface area contributed by atoms with Crippen molar-refractivity contribution >= 4 is 5.91 Å². The summed E-state index contributed by atoms with van der Waals surface area (Å²) in [4.78, 5) is 22.5. The Morgan fingerprint density at radius 1 is 0.912 bits per heavy atom. The number of benzene rings is 2. The molecule has 176 valence electrons. The summed E-state index contributed by atoms with van der Waals surface area (Å²) in [6.45, 7) is 5.96. The summed E-state index contributed by atoms with van der Waals surface area (Å²) < 4.78 is 18.9. The minimum atomic E-state index is -0.297. The molecule has 6 heteroatoms. The van der Waals surface area contributed by atoms with Gasteiger partial charge in [0.15, 0.2) is 0 Å². The second-order valence-electron chi connectivity index (χ2n) is 9.23. The number of rotatable bonds is 5. The highest BCUT2D eigenvalue weighted by molar-refractivity contribution is 5.95. The third-order valence-corrected chi connectivity index (χ3v) is 6.81. The van der Waals surface area contributed by atoms with Crippen LogP contribution in [0.4, 0.5) is 4.39 Å². The Balaban J connectivity index is 1.27. The molecule has 2 saturated heterocycles. The molecule has 3 heterocycles. The van der Waals surface area contributed by atoms with Crippen molar-refractivity contribution in [2.75, 3.05) is 26.2 Å². The van der Waals surface area contributed by atoms with Gasteiger partial charge in [0, 0.05) is 36.0 Å². The molecule has 34 heavy (non-hydrogen) atoms. The second-order valence-corrected chi connectivity index (χ2v) is 9.23. The number of amides is 1. The highest BCUT2D eigenvalue weighted by atomic mass is 19.1. The van der Waals surface area contributed by atoms with Gasteiger partial charge in [0.25, 0.3) is 5.91 Å². The molecule has 0 radical (unpaired) electrons. The van der Waals surface area contributed by atoms with Crippen LogP contribution in [0.3, 0.4) is 0 Å². The number of likely N-dealkylation sites (tertiary alicyclic amines) is 2. The van der Waals surface area contributed by atoms with Crippen molar-refractivity contribution in [3.05, 3.63) is 77.7 Å². The predicted molar refractivity (Wildman–Crippen MR) is 131 cm³/mol. The lowest BCUT2D eigenvalue weighted by Gasteiger charge is -2.36. The summed E-state index contributed by atoms with van der Waals surface area (Å²) in [6.07, 6.45) is 4.71. The van der Waals surface area contributed by atoms with Crippen LogP contribution < -0.4 is 4.74 Å². The Bertz CT molecular complexity index is 1130. The largest absolute Gasteiger partial charge is 0.457 e. The van der Waals surface area contributed by atoms with Gasteiger partial charge < -0.3 is 14.5 Å². The van der Waals surface area contributed by atoms with E-state index in [9.17, 15) is 9.18 Å². The first-order valence-corrected chi connectivity index (χ1v) is 12.1. The van der Waals surface area contributed by atoms with E-state index in [1.54, 1.807) is 12.1 Å². The van der Waals surface area contributed by atoms with Crippen LogP contribution in [0.1, 0.15) is 41.7 Å². The lowest BCUT2D eigenvalue weighted by molar-refractivity contribution is 0.0644. The zero-order chi connectivity index (χ0) is 23.5. The molecule has 3 aromatic rings. The number of halogens is 1. The van der Waals surface area contributed by atoms with E-state index in [0.717, 1.165) is 42.9 Å². The first-order chi connectivity index (χ1) is 16.5. The molecule has 0 N–H and O–H groups in total. The zero-order valence-corrected chi connectivity index (χ0v) is 19.5. The van der Waals surface area contributed by atoms with Gasteiger partial charge in [-0.05, 0) is 106 Å². The van der Waals surface area contributed by atoms with Crippen molar-refractivity contribution in [1.82, 2.24) is 14.8 Å². The Morgan fingerprint density at radius 3 is 2.18 bits per heavy atom. The fraction of sp³-hybridized carbons (Fsp3) is 0.357. The van der Waals surface area contributed by atoms with Crippen LogP contribution in [0.25, 0.3) is 11.3 Å². The summed E-state index contributed by atoms with van der Waals surface area (Å²) in [6, 6.07) is 17.9. The van der Waals surface area contributed by atoms with Crippen LogP contribution in [0.2, 0.25) is 0 Å². The van der Waals surface area contributed by atoms with Crippen LogP contribution in [0.5, 0.6) is 11.5 Å². The summed E-state index contributed by atoms with van der Waals surface area (Å²) in [5, 5.41) is 0. The number of carbonyl (C=O) groups excluding carboxylic acids is 1. The normalized spacial score (nSPS) is 17.2. The van der Waals surface area contributed by atoms with Crippen LogP contribution in [0.15, 0.2) is 60.7 Å². The van der Waals surface area contributed by atoms with Gasteiger partial charge in [0.2, 0.25) is 0 Å². The highest BCUT2D eigenvalue weighted by Gasteiger charge is 2.29. The molecule has 0 bridgehead atoms. The number of pyridine rings is 1. The van der Waals surface area contributed by atoms with Crippen molar-refractivity contribution in [3.8, 4) is 22.8 Å². The van der Waals surface area contributed by atoms with Gasteiger partial charge >= 0.3 is 0 Å². The molecule has 2 aliphatic heterocycles. The van der Waals surface area contributed by atoms with Crippen LogP contribution in [-0.4, -0.2) is 52.9 Å². The minimum absolute atomic E-state index is 0.0860. The molecule has 1 amide bonds. The molecule has 2 fully saturated rings. The van der Waals surface area contributed by atoms with Crippen LogP contribution >= 0.6 is 0 Å². The quantitative estimate of drug-likeness (QED) is 0.492. The van der Waals surface area contributed by atoms with Crippen LogP contribution in [0, 0.1) is 12.7 Å². The minimum Gasteiger partial charge on any atom is -0.457 e. The van der Waals surface area contributed by atoms with E-state index in [1.807, 2.05) is 48.2 Å². The van der Waals surface area contributed by atoms with E-state index in [4.69, 9.17) is 4.74 Å². The average Bonchev–Trinajstić information content (AvgIpc) is 3.40. The predicted octanol–water partition coefficient (Wildman–Crippen LogP) is 5.69. The lowest BCUT2D eigenvalue weighted by Crippen LogP contribution is -2.45. The van der Waals surface area contributed by atoms with E-state index >= 15 is 0 Å². The molecular formula is C28H30FN3O2. The van der Waals surface area contributed by atoms with Gasteiger partial charge in [0.1, 0.15) is 17.3 Å². The molecule has 0 aliphatic carbocycles. The topological polar surface area (TPSA) is 45.7 Å². The third kappa shape index (κ3) is 5.12. The number of hydrogen-bond donors (Lipinski definition) is 0. The molecule has 0 spiro atoms. The SMILES string of the molecule is Cc1cc(C(=O)N2CCC(N3CCCC3)CC2)cc(-c2ccc(Oc3ccc(F)cc3)cc2)n1. The zero-order valence-electron chi connectivity index (χ0n) is 19.5. The fourth-order valence-electron chi connectivity index (χ4n) is 5.00. The molecular weight excluding hydrogens is 429 g/mol. The van der Waals surface area contributed by atoms with E-state index in [2.05, 4.69) is 9.88 Å². The maximum absolute atomic E-state index is 13.3. The molecule has 0 atom stereocenters. The number of ether oxygens (including phenoxy) is 1. The Hall–Kier alpha value is -3.25. The number of piperidine rings is 1. The van der Waals surface area contributed by atoms with E-state index in [-0.39, 0.29) is 11.7 Å². The van der Waals surface area contributed by atoms with Gasteiger partial charge in [-0.2, -0.15) is 0 Å². The van der Waals surface area contributed by atoms with Crippen molar-refractivity contribution in [1.29, 1.82) is 0 Å². The number of carbonyl (C=O) groups is 1. The van der Waals surface area contributed by atoms with Gasteiger partial charge in [-0.15, -0.1) is 0 Å². The molecule has 2 aliphatic rings. The van der Waals surface area contributed by atoms with E-state index in [0.29, 0.717) is 23.1 Å². The standard InChI is InChI=1S/C28H30FN3O2/c1-20-18-22(28(33)32-16-12-24(13-17-32)31-14-2-3-15-31)19-27(30-20)21-4-8-25(9-5-21)34-26-10-6-23(29)7-11-26/h4-11,18-19,24H,2-3,12-17H2,1H3. The second kappa shape index (κ2) is 9.94. The van der Waals surface area contributed by atoms with Crippen molar-refractivity contribution in [3.63, 3.8) is 0 Å². The first-order valence-electron chi connectivity index (χ1n) is 12.1. The average molecular weight is 460 g/mol. The maximum Gasteiger partial charge on any atom is 0.253 e. The smallest absolute Gasteiger partial charge is 0.253 e. The molecule has 2 aromatic carbocycles. The summed E-state index contributed by atoms with van der Waals surface area (Å²) in [7, 11) is 0. The lowest BCUT2D eigenvalue weighted by atomic mass is 10.0. The Kier molecular flexibility index (Phi) is 6.59.